The molecule has 0 radical (unpaired) electrons. The van der Waals surface area contributed by atoms with Crippen molar-refractivity contribution >= 4 is 0 Å². The van der Waals surface area contributed by atoms with Gasteiger partial charge in [-0.05, 0) is 43.2 Å². The van der Waals surface area contributed by atoms with E-state index in [4.69, 9.17) is 5.73 Å². The molecule has 1 aliphatic rings. The quantitative estimate of drug-likeness (QED) is 0.759. The summed E-state index contributed by atoms with van der Waals surface area (Å²) < 4.78 is 26.5. The van der Waals surface area contributed by atoms with Crippen molar-refractivity contribution in [3.05, 3.63) is 35.4 Å². The Labute approximate surface area is 88.3 Å². The molecular formula is C12H15F2N. The van der Waals surface area contributed by atoms with Gasteiger partial charge in [-0.25, -0.2) is 8.78 Å². The van der Waals surface area contributed by atoms with Crippen molar-refractivity contribution in [1.82, 2.24) is 0 Å². The van der Waals surface area contributed by atoms with Gasteiger partial charge in [-0.2, -0.15) is 0 Å². The van der Waals surface area contributed by atoms with Gasteiger partial charge in [0.05, 0.1) is 0 Å². The average Bonchev–Trinajstić information content (AvgIpc) is 2.24. The number of hydrogen-bond acceptors (Lipinski definition) is 1. The largest absolute Gasteiger partial charge is 0.328 e. The molecular weight excluding hydrogens is 196 g/mol. The normalized spacial score (nSPS) is 26.6. The first-order valence-electron chi connectivity index (χ1n) is 5.38. The summed E-state index contributed by atoms with van der Waals surface area (Å²) >= 11 is 0. The Balaban J connectivity index is 2.19. The Kier molecular flexibility index (Phi) is 3.00. The highest BCUT2D eigenvalue weighted by atomic mass is 19.2. The molecule has 82 valence electrons. The first-order chi connectivity index (χ1) is 7.18. The van der Waals surface area contributed by atoms with Gasteiger partial charge in [0, 0.05) is 6.04 Å². The number of halogens is 2. The first kappa shape index (κ1) is 10.6. The molecule has 2 N–H and O–H groups in total. The van der Waals surface area contributed by atoms with Gasteiger partial charge in [-0.15, -0.1) is 0 Å². The molecule has 1 saturated carbocycles. The Morgan fingerprint density at radius 3 is 2.40 bits per heavy atom. The fraction of sp³-hybridized carbons (Fsp3) is 0.500. The molecule has 0 aromatic heterocycles. The summed E-state index contributed by atoms with van der Waals surface area (Å²) in [5.41, 5.74) is 6.29. The van der Waals surface area contributed by atoms with Gasteiger partial charge in [0.2, 0.25) is 0 Å². The molecule has 0 aliphatic heterocycles. The molecule has 2 rings (SSSR count). The smallest absolute Gasteiger partial charge is 0.162 e. The van der Waals surface area contributed by atoms with Gasteiger partial charge in [0.15, 0.2) is 11.6 Å². The molecule has 1 nitrogen and oxygen atoms in total. The summed E-state index contributed by atoms with van der Waals surface area (Å²) in [7, 11) is 0. The lowest BCUT2D eigenvalue weighted by Gasteiger charge is -2.26. The third kappa shape index (κ3) is 2.17. The molecule has 1 aromatic rings. The molecule has 0 heterocycles. The van der Waals surface area contributed by atoms with E-state index in [1.807, 2.05) is 0 Å². The molecule has 0 bridgehead atoms. The number of nitrogens with two attached hydrogens (primary N) is 1. The van der Waals surface area contributed by atoms with Crippen LogP contribution >= 0.6 is 0 Å². The van der Waals surface area contributed by atoms with Crippen molar-refractivity contribution in [2.75, 3.05) is 0 Å². The van der Waals surface area contributed by atoms with E-state index in [9.17, 15) is 8.78 Å². The topological polar surface area (TPSA) is 26.0 Å². The molecule has 0 saturated heterocycles. The van der Waals surface area contributed by atoms with Gasteiger partial charge in [0.25, 0.3) is 0 Å². The van der Waals surface area contributed by atoms with E-state index >= 15 is 0 Å². The highest BCUT2D eigenvalue weighted by molar-refractivity contribution is 5.23. The summed E-state index contributed by atoms with van der Waals surface area (Å²) in [5, 5.41) is 0. The van der Waals surface area contributed by atoms with Crippen molar-refractivity contribution in [1.29, 1.82) is 0 Å². The van der Waals surface area contributed by atoms with E-state index in [0.29, 0.717) is 5.56 Å². The van der Waals surface area contributed by atoms with Crippen LogP contribution in [0.5, 0.6) is 0 Å². The SMILES string of the molecule is NC1CCC(c2cccc(F)c2F)CC1. The van der Waals surface area contributed by atoms with Gasteiger partial charge in [-0.1, -0.05) is 12.1 Å². The standard InChI is InChI=1S/C12H15F2N/c13-11-3-1-2-10(12(11)14)8-4-6-9(15)7-5-8/h1-3,8-9H,4-7,15H2. The Bertz CT molecular complexity index is 343. The second kappa shape index (κ2) is 4.27. The Hall–Kier alpha value is -0.960. The van der Waals surface area contributed by atoms with Crippen LogP contribution < -0.4 is 5.73 Å². The van der Waals surface area contributed by atoms with Crippen molar-refractivity contribution in [3.8, 4) is 0 Å². The van der Waals surface area contributed by atoms with Crippen LogP contribution in [-0.4, -0.2) is 6.04 Å². The van der Waals surface area contributed by atoms with Gasteiger partial charge in [-0.3, -0.25) is 0 Å². The molecule has 0 atom stereocenters. The number of hydrogen-bond donors (Lipinski definition) is 1. The minimum atomic E-state index is -0.748. The zero-order chi connectivity index (χ0) is 10.8. The molecule has 0 amide bonds. The summed E-state index contributed by atoms with van der Waals surface area (Å²) in [6.07, 6.45) is 3.53. The zero-order valence-corrected chi connectivity index (χ0v) is 8.55. The summed E-state index contributed by atoms with van der Waals surface area (Å²) in [5.74, 6) is -1.29. The lowest BCUT2D eigenvalue weighted by molar-refractivity contribution is 0.381. The molecule has 3 heteroatoms. The second-order valence-electron chi connectivity index (χ2n) is 4.25. The first-order valence-corrected chi connectivity index (χ1v) is 5.38. The third-order valence-electron chi connectivity index (χ3n) is 3.19. The lowest BCUT2D eigenvalue weighted by atomic mass is 9.82. The molecule has 1 aromatic carbocycles. The number of benzene rings is 1. The van der Waals surface area contributed by atoms with Crippen LogP contribution in [0.2, 0.25) is 0 Å². The summed E-state index contributed by atoms with van der Waals surface area (Å²) in [6.45, 7) is 0. The van der Waals surface area contributed by atoms with Crippen LogP contribution in [0.1, 0.15) is 37.2 Å². The zero-order valence-electron chi connectivity index (χ0n) is 8.55. The molecule has 1 aliphatic carbocycles. The maximum absolute atomic E-state index is 13.5. The molecule has 0 unspecified atom stereocenters. The highest BCUT2D eigenvalue weighted by Crippen LogP contribution is 2.33. The van der Waals surface area contributed by atoms with Crippen LogP contribution in [0.15, 0.2) is 18.2 Å². The Morgan fingerprint density at radius 2 is 1.73 bits per heavy atom. The van der Waals surface area contributed by atoms with E-state index in [0.717, 1.165) is 31.7 Å². The van der Waals surface area contributed by atoms with E-state index in [-0.39, 0.29) is 12.0 Å². The molecule has 15 heavy (non-hydrogen) atoms. The molecule has 0 spiro atoms. The van der Waals surface area contributed by atoms with Crippen molar-refractivity contribution in [3.63, 3.8) is 0 Å². The van der Waals surface area contributed by atoms with E-state index in [2.05, 4.69) is 0 Å². The minimum Gasteiger partial charge on any atom is -0.328 e. The lowest BCUT2D eigenvalue weighted by Crippen LogP contribution is -2.26. The third-order valence-corrected chi connectivity index (χ3v) is 3.19. The second-order valence-corrected chi connectivity index (χ2v) is 4.25. The monoisotopic (exact) mass is 211 g/mol. The van der Waals surface area contributed by atoms with E-state index in [1.54, 1.807) is 12.1 Å². The predicted octanol–water partition coefficient (Wildman–Crippen LogP) is 2.95. The van der Waals surface area contributed by atoms with Crippen LogP contribution in [0, 0.1) is 11.6 Å². The highest BCUT2D eigenvalue weighted by Gasteiger charge is 2.23. The van der Waals surface area contributed by atoms with Crippen LogP contribution in [0.4, 0.5) is 8.78 Å². The fourth-order valence-electron chi connectivity index (χ4n) is 2.27. The van der Waals surface area contributed by atoms with Crippen molar-refractivity contribution < 1.29 is 8.78 Å². The van der Waals surface area contributed by atoms with Crippen LogP contribution in [0.3, 0.4) is 0 Å². The maximum atomic E-state index is 13.5. The van der Waals surface area contributed by atoms with Crippen molar-refractivity contribution in [2.45, 2.75) is 37.6 Å². The van der Waals surface area contributed by atoms with E-state index < -0.39 is 11.6 Å². The van der Waals surface area contributed by atoms with Crippen LogP contribution in [0.25, 0.3) is 0 Å². The van der Waals surface area contributed by atoms with Gasteiger partial charge >= 0.3 is 0 Å². The average molecular weight is 211 g/mol. The van der Waals surface area contributed by atoms with Gasteiger partial charge < -0.3 is 5.73 Å². The maximum Gasteiger partial charge on any atom is 0.162 e. The summed E-state index contributed by atoms with van der Waals surface area (Å²) in [4.78, 5) is 0. The van der Waals surface area contributed by atoms with Crippen molar-refractivity contribution in [2.24, 2.45) is 5.73 Å². The van der Waals surface area contributed by atoms with Gasteiger partial charge in [0.1, 0.15) is 0 Å². The number of rotatable bonds is 1. The summed E-state index contributed by atoms with van der Waals surface area (Å²) in [6, 6.07) is 4.65. The molecule has 1 fully saturated rings. The fourth-order valence-corrected chi connectivity index (χ4v) is 2.27. The minimum absolute atomic E-state index is 0.139. The van der Waals surface area contributed by atoms with Crippen LogP contribution in [-0.2, 0) is 0 Å². The van der Waals surface area contributed by atoms with E-state index in [1.165, 1.54) is 0 Å². The predicted molar refractivity (Wildman–Crippen MR) is 55.5 cm³/mol. The Morgan fingerprint density at radius 1 is 1.07 bits per heavy atom.